The van der Waals surface area contributed by atoms with Crippen molar-refractivity contribution in [1.82, 2.24) is 20.3 Å². The summed E-state index contributed by atoms with van der Waals surface area (Å²) in [7, 11) is 1.92. The maximum atomic E-state index is 5.80. The number of nitrogens with zero attached hydrogens (tertiary/aromatic N) is 2. The van der Waals surface area contributed by atoms with Crippen molar-refractivity contribution in [2.75, 3.05) is 43.6 Å². The van der Waals surface area contributed by atoms with Crippen molar-refractivity contribution < 1.29 is 4.74 Å². The molecule has 0 saturated carbocycles. The van der Waals surface area contributed by atoms with Crippen LogP contribution >= 0.6 is 23.5 Å². The molecule has 3 heterocycles. The number of aromatic amines is 1. The van der Waals surface area contributed by atoms with E-state index < -0.39 is 0 Å². The van der Waals surface area contributed by atoms with Gasteiger partial charge in [-0.3, -0.25) is 0 Å². The van der Waals surface area contributed by atoms with Gasteiger partial charge in [0.05, 0.1) is 15.7 Å². The van der Waals surface area contributed by atoms with Gasteiger partial charge in [0.1, 0.15) is 30.1 Å². The second-order valence-electron chi connectivity index (χ2n) is 7.72. The Bertz CT molecular complexity index is 1190. The first-order valence-electron chi connectivity index (χ1n) is 11.1. The molecule has 4 aromatic rings. The number of anilines is 1. The van der Waals surface area contributed by atoms with Crippen LogP contribution in [0.15, 0.2) is 60.9 Å². The fourth-order valence-corrected chi connectivity index (χ4v) is 6.62. The van der Waals surface area contributed by atoms with E-state index in [9.17, 15) is 0 Å². The number of fused-ring (bicyclic) bond motifs is 1. The Morgan fingerprint density at radius 3 is 2.55 bits per heavy atom. The van der Waals surface area contributed by atoms with Gasteiger partial charge in [0.15, 0.2) is 0 Å². The van der Waals surface area contributed by atoms with E-state index in [1.807, 2.05) is 48.8 Å². The van der Waals surface area contributed by atoms with Crippen molar-refractivity contribution >= 4 is 40.4 Å². The zero-order chi connectivity index (χ0) is 22.5. The summed E-state index contributed by atoms with van der Waals surface area (Å²) in [6, 6.07) is 18.7. The molecule has 8 heteroatoms. The minimum Gasteiger partial charge on any atom is -0.492 e. The monoisotopic (exact) mass is 477 g/mol. The minimum atomic E-state index is 0.559. The summed E-state index contributed by atoms with van der Waals surface area (Å²) in [5, 5.41) is 7.73. The Morgan fingerprint density at radius 2 is 1.79 bits per heavy atom. The van der Waals surface area contributed by atoms with Gasteiger partial charge in [-0.1, -0.05) is 30.3 Å². The Labute approximate surface area is 202 Å². The number of aromatic nitrogens is 3. The summed E-state index contributed by atoms with van der Waals surface area (Å²) in [4.78, 5) is 12.8. The molecule has 0 radical (unpaired) electrons. The van der Waals surface area contributed by atoms with Crippen molar-refractivity contribution in [2.45, 2.75) is 4.58 Å². The van der Waals surface area contributed by atoms with Crippen LogP contribution < -0.4 is 15.4 Å². The van der Waals surface area contributed by atoms with Gasteiger partial charge in [0, 0.05) is 30.2 Å². The van der Waals surface area contributed by atoms with Gasteiger partial charge < -0.3 is 20.4 Å². The molecule has 1 saturated heterocycles. The van der Waals surface area contributed by atoms with Crippen molar-refractivity contribution in [3.63, 3.8) is 0 Å². The third kappa shape index (κ3) is 4.98. The Kier molecular flexibility index (Phi) is 7.04. The van der Waals surface area contributed by atoms with Crippen LogP contribution in [0.5, 0.6) is 5.75 Å². The number of hydrogen-bond donors (Lipinski definition) is 3. The van der Waals surface area contributed by atoms with Gasteiger partial charge in [-0.2, -0.15) is 0 Å². The highest BCUT2D eigenvalue weighted by Crippen LogP contribution is 2.41. The van der Waals surface area contributed by atoms with Crippen LogP contribution in [0.3, 0.4) is 0 Å². The first kappa shape index (κ1) is 22.1. The van der Waals surface area contributed by atoms with Crippen molar-refractivity contribution in [2.24, 2.45) is 0 Å². The van der Waals surface area contributed by atoms with E-state index in [0.29, 0.717) is 11.2 Å². The zero-order valence-corrected chi connectivity index (χ0v) is 20.1. The summed E-state index contributed by atoms with van der Waals surface area (Å²) < 4.78 is 6.36. The third-order valence-corrected chi connectivity index (χ3v) is 8.58. The summed E-state index contributed by atoms with van der Waals surface area (Å²) in [6.45, 7) is 2.34. The predicted molar refractivity (Wildman–Crippen MR) is 141 cm³/mol. The molecule has 0 atom stereocenters. The lowest BCUT2D eigenvalue weighted by Gasteiger charge is -2.12. The largest absolute Gasteiger partial charge is 0.492 e. The van der Waals surface area contributed by atoms with E-state index in [0.717, 1.165) is 58.1 Å². The average Bonchev–Trinajstić information content (AvgIpc) is 3.52. The first-order chi connectivity index (χ1) is 16.3. The van der Waals surface area contributed by atoms with Crippen LogP contribution in [-0.2, 0) is 0 Å². The SMILES string of the molecule is CNCCOc1ccc(-c2[nH]c3ncnc(NCC4SCCS4)c3c2-c2ccccc2)cc1. The third-order valence-electron chi connectivity index (χ3n) is 5.54. The lowest BCUT2D eigenvalue weighted by molar-refractivity contribution is 0.318. The van der Waals surface area contributed by atoms with Crippen LogP contribution in [0.4, 0.5) is 5.82 Å². The maximum Gasteiger partial charge on any atom is 0.143 e. The lowest BCUT2D eigenvalue weighted by Crippen LogP contribution is -2.15. The molecular formula is C25H27N5OS2. The molecule has 0 bridgehead atoms. The number of benzene rings is 2. The predicted octanol–water partition coefficient (Wildman–Crippen LogP) is 5.11. The fourth-order valence-electron chi connectivity index (χ4n) is 3.96. The molecule has 6 nitrogen and oxygen atoms in total. The van der Waals surface area contributed by atoms with Crippen molar-refractivity contribution in [3.8, 4) is 28.1 Å². The molecule has 0 spiro atoms. The molecule has 1 aliphatic rings. The van der Waals surface area contributed by atoms with E-state index in [1.165, 1.54) is 11.5 Å². The summed E-state index contributed by atoms with van der Waals surface area (Å²) in [5.41, 5.74) is 5.20. The number of likely N-dealkylation sites (N-methyl/N-ethyl adjacent to an activating group) is 1. The smallest absolute Gasteiger partial charge is 0.143 e. The Morgan fingerprint density at radius 1 is 1.00 bits per heavy atom. The molecule has 3 N–H and O–H groups in total. The van der Waals surface area contributed by atoms with Crippen LogP contribution in [0.1, 0.15) is 0 Å². The quantitative estimate of drug-likeness (QED) is 0.289. The number of H-pyrrole nitrogens is 1. The Balaban J connectivity index is 1.55. The maximum absolute atomic E-state index is 5.80. The van der Waals surface area contributed by atoms with Gasteiger partial charge >= 0.3 is 0 Å². The Hall–Kier alpha value is -2.68. The van der Waals surface area contributed by atoms with E-state index >= 15 is 0 Å². The van der Waals surface area contributed by atoms with Crippen LogP contribution in [0.25, 0.3) is 33.4 Å². The molecular weight excluding hydrogens is 450 g/mol. The molecule has 1 aliphatic heterocycles. The molecule has 0 amide bonds. The number of rotatable bonds is 9. The van der Waals surface area contributed by atoms with Gasteiger partial charge in [0.25, 0.3) is 0 Å². The van der Waals surface area contributed by atoms with Crippen LogP contribution in [-0.4, -0.2) is 57.8 Å². The molecule has 0 unspecified atom stereocenters. The number of ether oxygens (including phenoxy) is 1. The topological polar surface area (TPSA) is 74.9 Å². The molecule has 2 aromatic heterocycles. The molecule has 2 aromatic carbocycles. The average molecular weight is 478 g/mol. The van der Waals surface area contributed by atoms with Gasteiger partial charge in [-0.25, -0.2) is 9.97 Å². The highest BCUT2D eigenvalue weighted by Gasteiger charge is 2.21. The van der Waals surface area contributed by atoms with E-state index in [1.54, 1.807) is 6.33 Å². The molecule has 33 heavy (non-hydrogen) atoms. The van der Waals surface area contributed by atoms with E-state index in [-0.39, 0.29) is 0 Å². The molecule has 170 valence electrons. The van der Waals surface area contributed by atoms with Gasteiger partial charge in [0.2, 0.25) is 0 Å². The van der Waals surface area contributed by atoms with Crippen LogP contribution in [0, 0.1) is 0 Å². The van der Waals surface area contributed by atoms with Gasteiger partial charge in [-0.05, 0) is 42.4 Å². The number of hydrogen-bond acceptors (Lipinski definition) is 7. The summed E-state index contributed by atoms with van der Waals surface area (Å²) >= 11 is 4.02. The van der Waals surface area contributed by atoms with Crippen molar-refractivity contribution in [3.05, 3.63) is 60.9 Å². The fraction of sp³-hybridized carbons (Fsp3) is 0.280. The molecule has 1 fully saturated rings. The normalized spacial score (nSPS) is 14.1. The van der Waals surface area contributed by atoms with Crippen molar-refractivity contribution in [1.29, 1.82) is 0 Å². The highest BCUT2D eigenvalue weighted by molar-refractivity contribution is 8.20. The van der Waals surface area contributed by atoms with E-state index in [2.05, 4.69) is 62.0 Å². The summed E-state index contributed by atoms with van der Waals surface area (Å²) in [6.07, 6.45) is 1.63. The first-order valence-corrected chi connectivity index (χ1v) is 13.2. The number of thioether (sulfide) groups is 2. The van der Waals surface area contributed by atoms with E-state index in [4.69, 9.17) is 4.74 Å². The van der Waals surface area contributed by atoms with Crippen LogP contribution in [0.2, 0.25) is 0 Å². The molecule has 0 aliphatic carbocycles. The molecule has 5 rings (SSSR count). The highest BCUT2D eigenvalue weighted by atomic mass is 32.2. The second-order valence-corrected chi connectivity index (χ2v) is 10.6. The number of nitrogens with one attached hydrogen (secondary N) is 3. The van der Waals surface area contributed by atoms with Gasteiger partial charge in [-0.15, -0.1) is 23.5 Å². The minimum absolute atomic E-state index is 0.559. The lowest BCUT2D eigenvalue weighted by atomic mass is 9.99. The standard InChI is InChI=1S/C25H27N5OS2/c1-26-11-12-31-19-9-7-18(8-10-19)23-21(17-5-3-2-4-6-17)22-24(28-16-29-25(22)30-23)27-15-20-32-13-14-33-20/h2-10,16,20,26H,11-15H2,1H3,(H2,27,28,29,30). The summed E-state index contributed by atoms with van der Waals surface area (Å²) in [5.74, 6) is 4.17. The zero-order valence-electron chi connectivity index (χ0n) is 18.5. The second kappa shape index (κ2) is 10.5.